The summed E-state index contributed by atoms with van der Waals surface area (Å²) in [6.07, 6.45) is 6.44. The molecule has 1 aromatic carbocycles. The van der Waals surface area contributed by atoms with Crippen molar-refractivity contribution in [2.24, 2.45) is 0 Å². The molecule has 0 saturated carbocycles. The minimum Gasteiger partial charge on any atom is -0.492 e. The molecular weight excluding hydrogens is 448 g/mol. The summed E-state index contributed by atoms with van der Waals surface area (Å²) in [6, 6.07) is 8.17. The van der Waals surface area contributed by atoms with Gasteiger partial charge < -0.3 is 19.1 Å². The van der Waals surface area contributed by atoms with E-state index in [1.54, 1.807) is 23.3 Å². The summed E-state index contributed by atoms with van der Waals surface area (Å²) in [6.45, 7) is 4.60. The topological polar surface area (TPSA) is 126 Å². The Bertz CT molecular complexity index is 1470. The van der Waals surface area contributed by atoms with Crippen LogP contribution in [0.3, 0.4) is 0 Å². The Hall–Kier alpha value is -4.54. The van der Waals surface area contributed by atoms with Gasteiger partial charge in [-0.05, 0) is 19.4 Å². The first-order valence-corrected chi connectivity index (χ1v) is 11.0. The maximum atomic E-state index is 9.86. The van der Waals surface area contributed by atoms with Gasteiger partial charge in [-0.2, -0.15) is 10.1 Å². The van der Waals surface area contributed by atoms with Crippen molar-refractivity contribution in [1.82, 2.24) is 39.3 Å². The Labute approximate surface area is 201 Å². The van der Waals surface area contributed by atoms with E-state index in [9.17, 15) is 5.11 Å². The number of fused-ring (bicyclic) bond motifs is 1. The molecule has 5 rings (SSSR count). The summed E-state index contributed by atoms with van der Waals surface area (Å²) in [5, 5.41) is 15.2. The van der Waals surface area contributed by atoms with Crippen molar-refractivity contribution in [1.29, 1.82) is 0 Å². The summed E-state index contributed by atoms with van der Waals surface area (Å²) in [4.78, 5) is 21.8. The molecule has 5 aromatic rings. The largest absolute Gasteiger partial charge is 0.492 e. The summed E-state index contributed by atoms with van der Waals surface area (Å²) in [5.41, 5.74) is 3.08. The third kappa shape index (κ3) is 4.12. The number of aromatic nitrogens is 8. The van der Waals surface area contributed by atoms with Crippen LogP contribution in [-0.2, 0) is 6.54 Å². The second-order valence-corrected chi connectivity index (χ2v) is 8.16. The van der Waals surface area contributed by atoms with Gasteiger partial charge in [0.05, 0.1) is 38.5 Å². The molecule has 0 fully saturated rings. The maximum Gasteiger partial charge on any atom is 0.231 e. The van der Waals surface area contributed by atoms with Crippen LogP contribution in [0.15, 0.2) is 49.2 Å². The van der Waals surface area contributed by atoms with Crippen LogP contribution in [0.1, 0.15) is 25.5 Å². The number of hydrogen-bond donors (Lipinski definition) is 1. The molecular formula is C24H24N8O3. The fraction of sp³-hybridized carbons (Fsp3) is 0.250. The van der Waals surface area contributed by atoms with E-state index < -0.39 is 0 Å². The van der Waals surface area contributed by atoms with Crippen molar-refractivity contribution in [3.63, 3.8) is 0 Å². The number of hydrogen-bond acceptors (Lipinski definition) is 9. The van der Waals surface area contributed by atoms with Crippen LogP contribution < -0.4 is 9.47 Å². The van der Waals surface area contributed by atoms with Gasteiger partial charge in [-0.25, -0.2) is 24.6 Å². The molecule has 0 amide bonds. The predicted octanol–water partition coefficient (Wildman–Crippen LogP) is 3.50. The zero-order chi connectivity index (χ0) is 24.5. The molecule has 0 radical (unpaired) electrons. The Kier molecular flexibility index (Phi) is 5.73. The number of nitrogens with zero attached hydrogens (tertiary/aromatic N) is 8. The molecule has 11 nitrogen and oxygen atoms in total. The molecule has 4 heterocycles. The fourth-order valence-electron chi connectivity index (χ4n) is 3.88. The standard InChI is InChI=1S/C24H24N8O3/c1-14(2)31-12-18(33)29-21(31)16-7-5-15(6-8-16)11-32-22-17(10-28-32)9-25-20(30-22)19-23(34-3)26-13-27-24(19)35-4/h5-10,12-14,33H,11H2,1-4H3. The van der Waals surface area contributed by atoms with Crippen LogP contribution in [0.2, 0.25) is 0 Å². The second kappa shape index (κ2) is 9.01. The molecule has 0 aliphatic rings. The molecule has 0 aliphatic heterocycles. The molecule has 11 heteroatoms. The number of rotatable bonds is 7. The van der Waals surface area contributed by atoms with E-state index in [1.807, 2.05) is 42.7 Å². The summed E-state index contributed by atoms with van der Waals surface area (Å²) in [7, 11) is 3.04. The lowest BCUT2D eigenvalue weighted by molar-refractivity contribution is 0.374. The molecule has 4 aromatic heterocycles. The van der Waals surface area contributed by atoms with Crippen molar-refractivity contribution in [3.8, 4) is 40.4 Å². The number of methoxy groups -OCH3 is 2. The monoisotopic (exact) mass is 472 g/mol. The van der Waals surface area contributed by atoms with E-state index in [-0.39, 0.29) is 11.9 Å². The van der Waals surface area contributed by atoms with Crippen LogP contribution >= 0.6 is 0 Å². The van der Waals surface area contributed by atoms with Gasteiger partial charge >= 0.3 is 0 Å². The van der Waals surface area contributed by atoms with Crippen LogP contribution in [0, 0.1) is 0 Å². The van der Waals surface area contributed by atoms with Crippen molar-refractivity contribution in [2.75, 3.05) is 14.2 Å². The number of benzene rings is 1. The third-order valence-electron chi connectivity index (χ3n) is 5.59. The first kappa shape index (κ1) is 22.3. The summed E-state index contributed by atoms with van der Waals surface area (Å²) in [5.74, 6) is 1.75. The first-order valence-electron chi connectivity index (χ1n) is 11.0. The Morgan fingerprint density at radius 3 is 2.31 bits per heavy atom. The van der Waals surface area contributed by atoms with Crippen molar-refractivity contribution in [2.45, 2.75) is 26.4 Å². The Morgan fingerprint density at radius 2 is 1.66 bits per heavy atom. The van der Waals surface area contributed by atoms with Gasteiger partial charge in [0.25, 0.3) is 0 Å². The van der Waals surface area contributed by atoms with Crippen LogP contribution in [-0.4, -0.2) is 58.6 Å². The maximum absolute atomic E-state index is 9.86. The number of imidazole rings is 1. The highest BCUT2D eigenvalue weighted by Crippen LogP contribution is 2.33. The molecule has 0 unspecified atom stereocenters. The SMILES string of the molecule is COc1ncnc(OC)c1-c1ncc2cnn(Cc3ccc(-c4nc(O)cn4C(C)C)cc3)c2n1. The van der Waals surface area contributed by atoms with E-state index in [0.29, 0.717) is 35.3 Å². The minimum absolute atomic E-state index is 0.00773. The highest BCUT2D eigenvalue weighted by molar-refractivity contribution is 5.78. The second-order valence-electron chi connectivity index (χ2n) is 8.16. The normalized spacial score (nSPS) is 11.3. The van der Waals surface area contributed by atoms with Gasteiger partial charge in [-0.1, -0.05) is 24.3 Å². The lowest BCUT2D eigenvalue weighted by Gasteiger charge is -2.11. The van der Waals surface area contributed by atoms with Gasteiger partial charge in [0.2, 0.25) is 17.6 Å². The van der Waals surface area contributed by atoms with Crippen molar-refractivity contribution < 1.29 is 14.6 Å². The van der Waals surface area contributed by atoms with Crippen LogP contribution in [0.4, 0.5) is 0 Å². The summed E-state index contributed by atoms with van der Waals surface area (Å²) >= 11 is 0. The molecule has 0 aliphatic carbocycles. The molecule has 178 valence electrons. The molecule has 0 saturated heterocycles. The van der Waals surface area contributed by atoms with Crippen molar-refractivity contribution >= 4 is 11.0 Å². The fourth-order valence-corrected chi connectivity index (χ4v) is 3.88. The average molecular weight is 473 g/mol. The highest BCUT2D eigenvalue weighted by Gasteiger charge is 2.20. The zero-order valence-corrected chi connectivity index (χ0v) is 19.7. The first-order chi connectivity index (χ1) is 17.0. The lowest BCUT2D eigenvalue weighted by Crippen LogP contribution is -2.05. The number of ether oxygens (including phenoxy) is 2. The van der Waals surface area contributed by atoms with E-state index in [4.69, 9.17) is 14.5 Å². The number of aromatic hydroxyl groups is 1. The van der Waals surface area contributed by atoms with Crippen LogP contribution in [0.5, 0.6) is 17.6 Å². The van der Waals surface area contributed by atoms with Crippen molar-refractivity contribution in [3.05, 3.63) is 54.7 Å². The van der Waals surface area contributed by atoms with E-state index in [1.165, 1.54) is 20.5 Å². The molecule has 35 heavy (non-hydrogen) atoms. The van der Waals surface area contributed by atoms with E-state index in [0.717, 1.165) is 22.3 Å². The Morgan fingerprint density at radius 1 is 0.943 bits per heavy atom. The Balaban J connectivity index is 1.47. The molecule has 0 atom stereocenters. The third-order valence-corrected chi connectivity index (χ3v) is 5.59. The minimum atomic E-state index is 0.00773. The summed E-state index contributed by atoms with van der Waals surface area (Å²) < 4.78 is 14.5. The molecule has 1 N–H and O–H groups in total. The van der Waals surface area contributed by atoms with Gasteiger partial charge in [-0.15, -0.1) is 0 Å². The quantitative estimate of drug-likeness (QED) is 0.379. The predicted molar refractivity (Wildman–Crippen MR) is 128 cm³/mol. The van der Waals surface area contributed by atoms with Crippen LogP contribution in [0.25, 0.3) is 33.8 Å². The van der Waals surface area contributed by atoms with Gasteiger partial charge in [-0.3, -0.25) is 0 Å². The van der Waals surface area contributed by atoms with E-state index in [2.05, 4.69) is 25.0 Å². The lowest BCUT2D eigenvalue weighted by atomic mass is 10.1. The molecule has 0 bridgehead atoms. The smallest absolute Gasteiger partial charge is 0.231 e. The zero-order valence-electron chi connectivity index (χ0n) is 19.7. The van der Waals surface area contributed by atoms with E-state index >= 15 is 0 Å². The highest BCUT2D eigenvalue weighted by atomic mass is 16.5. The van der Waals surface area contributed by atoms with Gasteiger partial charge in [0.15, 0.2) is 11.5 Å². The molecule has 0 spiro atoms. The average Bonchev–Trinajstić information content (AvgIpc) is 3.47. The van der Waals surface area contributed by atoms with Gasteiger partial charge in [0, 0.05) is 17.8 Å². The van der Waals surface area contributed by atoms with Gasteiger partial charge in [0.1, 0.15) is 17.7 Å².